The van der Waals surface area contributed by atoms with Crippen molar-refractivity contribution in [1.29, 1.82) is 0 Å². The Bertz CT molecular complexity index is 896. The lowest BCUT2D eigenvalue weighted by atomic mass is 9.85. The van der Waals surface area contributed by atoms with Crippen molar-refractivity contribution < 1.29 is 19.1 Å². The van der Waals surface area contributed by atoms with Crippen LogP contribution >= 0.6 is 0 Å². The highest BCUT2D eigenvalue weighted by molar-refractivity contribution is 6.05. The molecule has 3 fully saturated rings. The quantitative estimate of drug-likeness (QED) is 0.346. The van der Waals surface area contributed by atoms with Gasteiger partial charge in [0.05, 0.1) is 24.3 Å². The molecule has 0 bridgehead atoms. The third-order valence-electron chi connectivity index (χ3n) is 7.76. The van der Waals surface area contributed by atoms with Crippen molar-refractivity contribution in [3.05, 3.63) is 36.5 Å². The van der Waals surface area contributed by atoms with E-state index in [1.807, 2.05) is 30.4 Å². The fraction of sp³-hybridized carbons (Fsp3) is 0.615. The number of nitrogens with zero attached hydrogens (tertiary/aromatic N) is 4. The Morgan fingerprint density at radius 2 is 1.65 bits per heavy atom. The number of piperazine rings is 1. The second-order valence-electron chi connectivity index (χ2n) is 9.96. The molecule has 2 amide bonds. The van der Waals surface area contributed by atoms with Gasteiger partial charge in [0.25, 0.3) is 0 Å². The molecule has 0 N–H and O–H groups in total. The van der Waals surface area contributed by atoms with Crippen molar-refractivity contribution in [3.63, 3.8) is 0 Å². The second-order valence-corrected chi connectivity index (χ2v) is 9.96. The van der Waals surface area contributed by atoms with Crippen molar-refractivity contribution >= 4 is 23.6 Å². The summed E-state index contributed by atoms with van der Waals surface area (Å²) in [5.41, 5.74) is 0. The van der Waals surface area contributed by atoms with Crippen molar-refractivity contribution in [1.82, 2.24) is 14.8 Å². The highest BCUT2D eigenvalue weighted by Gasteiger charge is 2.48. The van der Waals surface area contributed by atoms with Gasteiger partial charge in [0.1, 0.15) is 11.9 Å². The molecule has 34 heavy (non-hydrogen) atoms. The van der Waals surface area contributed by atoms with Gasteiger partial charge in [0.15, 0.2) is 0 Å². The number of anilines is 1. The lowest BCUT2D eigenvalue weighted by molar-refractivity contribution is -0.159. The Morgan fingerprint density at radius 1 is 0.971 bits per heavy atom. The van der Waals surface area contributed by atoms with Crippen LogP contribution in [0.5, 0.6) is 0 Å². The third-order valence-corrected chi connectivity index (χ3v) is 7.76. The summed E-state index contributed by atoms with van der Waals surface area (Å²) < 4.78 is 5.99. The van der Waals surface area contributed by atoms with Gasteiger partial charge in [-0.1, -0.05) is 31.1 Å². The van der Waals surface area contributed by atoms with Crippen molar-refractivity contribution in [2.45, 2.75) is 44.6 Å². The van der Waals surface area contributed by atoms with Gasteiger partial charge in [-0.15, -0.1) is 0 Å². The van der Waals surface area contributed by atoms with Crippen LogP contribution in [0.15, 0.2) is 36.5 Å². The summed E-state index contributed by atoms with van der Waals surface area (Å²) in [4.78, 5) is 49.3. The van der Waals surface area contributed by atoms with E-state index in [9.17, 15) is 14.4 Å². The normalized spacial score (nSPS) is 26.7. The molecule has 3 heterocycles. The standard InChI is InChI=1S/C26H34N4O4/c31-24-21-9-3-4-10-22(21)25(32)30(24)18-20(34-26(33)19-7-1-2-8-19)17-28-13-15-29(16-14-28)23-11-5-6-12-27-23/h3-6,11-12,19-22H,1-2,7-10,13-18H2/t20?,21-,22+. The van der Waals surface area contributed by atoms with E-state index in [1.54, 1.807) is 6.20 Å². The smallest absolute Gasteiger partial charge is 0.309 e. The lowest BCUT2D eigenvalue weighted by Crippen LogP contribution is -2.51. The number of esters is 1. The highest BCUT2D eigenvalue weighted by Crippen LogP contribution is 2.35. The molecule has 2 aliphatic heterocycles. The molecule has 0 spiro atoms. The summed E-state index contributed by atoms with van der Waals surface area (Å²) in [6, 6.07) is 5.92. The van der Waals surface area contributed by atoms with Gasteiger partial charge in [-0.25, -0.2) is 4.98 Å². The number of ether oxygens (including phenoxy) is 1. The molecular weight excluding hydrogens is 432 g/mol. The number of fused-ring (bicyclic) bond motifs is 1. The Labute approximate surface area is 200 Å². The first kappa shape index (κ1) is 23.0. The third kappa shape index (κ3) is 4.87. The van der Waals surface area contributed by atoms with Crippen LogP contribution in [0.1, 0.15) is 38.5 Å². The van der Waals surface area contributed by atoms with E-state index < -0.39 is 6.10 Å². The van der Waals surface area contributed by atoms with E-state index >= 15 is 0 Å². The number of rotatable bonds is 7. The monoisotopic (exact) mass is 466 g/mol. The van der Waals surface area contributed by atoms with Gasteiger partial charge in [0.2, 0.25) is 11.8 Å². The average molecular weight is 467 g/mol. The van der Waals surface area contributed by atoms with Crippen LogP contribution in [0.25, 0.3) is 0 Å². The van der Waals surface area contributed by atoms with Gasteiger partial charge in [-0.05, 0) is 37.8 Å². The summed E-state index contributed by atoms with van der Waals surface area (Å²) >= 11 is 0. The fourth-order valence-corrected chi connectivity index (χ4v) is 5.80. The second kappa shape index (κ2) is 10.3. The maximum atomic E-state index is 13.0. The summed E-state index contributed by atoms with van der Waals surface area (Å²) in [7, 11) is 0. The Morgan fingerprint density at radius 3 is 2.26 bits per heavy atom. The average Bonchev–Trinajstić information content (AvgIpc) is 3.49. The maximum absolute atomic E-state index is 13.0. The van der Waals surface area contributed by atoms with Crippen LogP contribution in [-0.2, 0) is 19.1 Å². The predicted molar refractivity (Wildman–Crippen MR) is 127 cm³/mol. The summed E-state index contributed by atoms with van der Waals surface area (Å²) in [5.74, 6) is 0.00238. The minimum atomic E-state index is -0.504. The largest absolute Gasteiger partial charge is 0.459 e. The zero-order chi connectivity index (χ0) is 23.5. The van der Waals surface area contributed by atoms with Crippen LogP contribution < -0.4 is 4.90 Å². The molecule has 1 aromatic heterocycles. The molecule has 4 aliphatic rings. The first-order valence-electron chi connectivity index (χ1n) is 12.7. The van der Waals surface area contributed by atoms with E-state index in [4.69, 9.17) is 4.74 Å². The van der Waals surface area contributed by atoms with E-state index in [-0.39, 0.29) is 42.1 Å². The number of carbonyl (C=O) groups excluding carboxylic acids is 3. The topological polar surface area (TPSA) is 83.1 Å². The number of carbonyl (C=O) groups is 3. The lowest BCUT2D eigenvalue weighted by Gasteiger charge is -2.37. The minimum Gasteiger partial charge on any atom is -0.459 e. The van der Waals surface area contributed by atoms with Gasteiger partial charge in [-0.2, -0.15) is 0 Å². The van der Waals surface area contributed by atoms with Crippen LogP contribution in [0.4, 0.5) is 5.82 Å². The van der Waals surface area contributed by atoms with E-state index in [0.29, 0.717) is 19.4 Å². The molecule has 0 radical (unpaired) electrons. The van der Waals surface area contributed by atoms with Gasteiger partial charge in [-0.3, -0.25) is 24.2 Å². The molecular formula is C26H34N4O4. The number of amides is 2. The van der Waals surface area contributed by atoms with Crippen LogP contribution in [0.3, 0.4) is 0 Å². The number of likely N-dealkylation sites (tertiary alicyclic amines) is 1. The molecule has 0 aromatic carbocycles. The molecule has 1 unspecified atom stereocenters. The molecule has 1 saturated carbocycles. The summed E-state index contributed by atoms with van der Waals surface area (Å²) in [6.45, 7) is 3.97. The van der Waals surface area contributed by atoms with Crippen molar-refractivity contribution in [3.8, 4) is 0 Å². The zero-order valence-electron chi connectivity index (χ0n) is 19.7. The molecule has 5 rings (SSSR count). The number of allylic oxidation sites excluding steroid dienone is 2. The molecule has 1 aromatic rings. The SMILES string of the molecule is O=C(OC(CN1CCN(c2ccccn2)CC1)CN1C(=O)[C@H]2CC=CC[C@H]2C1=O)C1CCCC1. The molecule has 8 heteroatoms. The van der Waals surface area contributed by atoms with Gasteiger partial charge < -0.3 is 9.64 Å². The summed E-state index contributed by atoms with van der Waals surface area (Å²) in [5, 5.41) is 0. The Balaban J connectivity index is 1.24. The first-order valence-corrected chi connectivity index (χ1v) is 12.7. The number of hydrogen-bond acceptors (Lipinski definition) is 7. The van der Waals surface area contributed by atoms with Crippen LogP contribution in [0.2, 0.25) is 0 Å². The molecule has 3 atom stereocenters. The van der Waals surface area contributed by atoms with E-state index in [0.717, 1.165) is 57.7 Å². The molecule has 2 aliphatic carbocycles. The Hall–Kier alpha value is -2.74. The fourth-order valence-electron chi connectivity index (χ4n) is 5.80. The van der Waals surface area contributed by atoms with Crippen LogP contribution in [0, 0.1) is 17.8 Å². The zero-order valence-corrected chi connectivity index (χ0v) is 19.7. The molecule has 8 nitrogen and oxygen atoms in total. The molecule has 182 valence electrons. The van der Waals surface area contributed by atoms with Crippen molar-refractivity contribution in [2.24, 2.45) is 17.8 Å². The van der Waals surface area contributed by atoms with Crippen LogP contribution in [-0.4, -0.2) is 77.9 Å². The predicted octanol–water partition coefficient (Wildman–Crippen LogP) is 2.26. The maximum Gasteiger partial charge on any atom is 0.309 e. The van der Waals surface area contributed by atoms with Gasteiger partial charge >= 0.3 is 5.97 Å². The number of aromatic nitrogens is 1. The van der Waals surface area contributed by atoms with E-state index in [1.165, 1.54) is 4.90 Å². The molecule has 2 saturated heterocycles. The number of pyridine rings is 1. The first-order chi connectivity index (χ1) is 16.6. The highest BCUT2D eigenvalue weighted by atomic mass is 16.5. The van der Waals surface area contributed by atoms with Crippen molar-refractivity contribution in [2.75, 3.05) is 44.2 Å². The summed E-state index contributed by atoms with van der Waals surface area (Å²) in [6.07, 6.45) is 10.4. The van der Waals surface area contributed by atoms with Gasteiger partial charge in [0, 0.05) is 38.9 Å². The number of imide groups is 1. The minimum absolute atomic E-state index is 0.0553. The van der Waals surface area contributed by atoms with E-state index in [2.05, 4.69) is 14.8 Å². The Kier molecular flexibility index (Phi) is 6.94. The number of hydrogen-bond donors (Lipinski definition) is 0.